The minimum Gasteiger partial charge on any atom is -0.380 e. The number of carbonyl (C=O) groups excluding carboxylic acids is 1. The van der Waals surface area contributed by atoms with Gasteiger partial charge in [0.2, 0.25) is 0 Å². The van der Waals surface area contributed by atoms with Gasteiger partial charge in [-0.25, -0.2) is 8.78 Å². The van der Waals surface area contributed by atoms with Crippen molar-refractivity contribution in [2.75, 3.05) is 17.3 Å². The van der Waals surface area contributed by atoms with Crippen LogP contribution < -0.4 is 10.2 Å². The maximum Gasteiger partial charge on any atom is 0.258 e. The van der Waals surface area contributed by atoms with E-state index in [4.69, 9.17) is 0 Å². The number of carbonyl (C=O) groups is 1. The maximum atomic E-state index is 13.9. The molecule has 5 nitrogen and oxygen atoms in total. The summed E-state index contributed by atoms with van der Waals surface area (Å²) in [5.74, 6) is -1.47. The van der Waals surface area contributed by atoms with E-state index < -0.39 is 11.6 Å². The molecule has 2 aromatic heterocycles. The molecule has 0 spiro atoms. The average molecular weight is 404 g/mol. The van der Waals surface area contributed by atoms with Crippen LogP contribution in [0.2, 0.25) is 0 Å². The third-order valence-electron chi connectivity index (χ3n) is 4.80. The van der Waals surface area contributed by atoms with Crippen LogP contribution in [0.5, 0.6) is 0 Å². The highest BCUT2D eigenvalue weighted by atomic mass is 19.1. The SMILES string of the molecule is CN(C(=O)c1ccncc1)c1ccc(CNc2ccnc3c(F)cc(F)cc23)cc1. The number of anilines is 2. The predicted octanol–water partition coefficient (Wildman–Crippen LogP) is 4.80. The van der Waals surface area contributed by atoms with Crippen LogP contribution >= 0.6 is 0 Å². The topological polar surface area (TPSA) is 58.1 Å². The summed E-state index contributed by atoms with van der Waals surface area (Å²) in [4.78, 5) is 22.0. The number of pyridine rings is 2. The molecule has 0 aliphatic carbocycles. The molecule has 0 saturated heterocycles. The molecule has 4 aromatic rings. The Kier molecular flexibility index (Phi) is 5.34. The third-order valence-corrected chi connectivity index (χ3v) is 4.80. The van der Waals surface area contributed by atoms with Crippen LogP contribution in [-0.2, 0) is 6.54 Å². The van der Waals surface area contributed by atoms with E-state index in [1.807, 2.05) is 24.3 Å². The summed E-state index contributed by atoms with van der Waals surface area (Å²) in [7, 11) is 1.71. The van der Waals surface area contributed by atoms with E-state index in [1.54, 1.807) is 42.5 Å². The number of nitrogens with one attached hydrogen (secondary N) is 1. The molecule has 4 rings (SSSR count). The Bertz CT molecular complexity index is 1200. The number of nitrogens with zero attached hydrogens (tertiary/aromatic N) is 3. The predicted molar refractivity (Wildman–Crippen MR) is 112 cm³/mol. The van der Waals surface area contributed by atoms with E-state index in [9.17, 15) is 13.6 Å². The zero-order valence-corrected chi connectivity index (χ0v) is 16.1. The molecule has 0 fully saturated rings. The number of rotatable bonds is 5. The second-order valence-corrected chi connectivity index (χ2v) is 6.76. The van der Waals surface area contributed by atoms with Crippen LogP contribution in [0, 0.1) is 11.6 Å². The molecule has 150 valence electrons. The molecule has 1 N–H and O–H groups in total. The van der Waals surface area contributed by atoms with Crippen molar-refractivity contribution in [3.63, 3.8) is 0 Å². The second-order valence-electron chi connectivity index (χ2n) is 6.76. The summed E-state index contributed by atoms with van der Waals surface area (Å²) in [5.41, 5.74) is 2.96. The van der Waals surface area contributed by atoms with Gasteiger partial charge in [-0.3, -0.25) is 14.8 Å². The number of benzene rings is 2. The van der Waals surface area contributed by atoms with Crippen molar-refractivity contribution in [2.24, 2.45) is 0 Å². The Morgan fingerprint density at radius 3 is 2.47 bits per heavy atom. The highest BCUT2D eigenvalue weighted by Gasteiger charge is 2.13. The van der Waals surface area contributed by atoms with Gasteiger partial charge >= 0.3 is 0 Å². The van der Waals surface area contributed by atoms with Crippen LogP contribution in [0.15, 0.2) is 73.2 Å². The van der Waals surface area contributed by atoms with E-state index in [-0.39, 0.29) is 11.4 Å². The van der Waals surface area contributed by atoms with Crippen LogP contribution in [0.3, 0.4) is 0 Å². The summed E-state index contributed by atoms with van der Waals surface area (Å²) >= 11 is 0. The minimum atomic E-state index is -0.695. The first kappa shape index (κ1) is 19.4. The third kappa shape index (κ3) is 3.96. The van der Waals surface area contributed by atoms with Crippen LogP contribution in [0.25, 0.3) is 10.9 Å². The quantitative estimate of drug-likeness (QED) is 0.519. The lowest BCUT2D eigenvalue weighted by molar-refractivity contribution is 0.0993. The molecule has 0 radical (unpaired) electrons. The first-order chi connectivity index (χ1) is 14.5. The number of fused-ring (bicyclic) bond motifs is 1. The molecule has 0 atom stereocenters. The van der Waals surface area contributed by atoms with Gasteiger partial charge in [-0.15, -0.1) is 0 Å². The Morgan fingerprint density at radius 1 is 1.00 bits per heavy atom. The number of aromatic nitrogens is 2. The Labute approximate surface area is 172 Å². The van der Waals surface area contributed by atoms with Crippen molar-refractivity contribution >= 4 is 28.2 Å². The molecule has 2 aromatic carbocycles. The molecule has 0 aliphatic rings. The fourth-order valence-electron chi connectivity index (χ4n) is 3.17. The molecule has 30 heavy (non-hydrogen) atoms. The number of halogens is 2. The van der Waals surface area contributed by atoms with Crippen molar-refractivity contribution in [3.05, 3.63) is 95.9 Å². The fourth-order valence-corrected chi connectivity index (χ4v) is 3.17. The number of amides is 1. The van der Waals surface area contributed by atoms with Crippen LogP contribution in [0.1, 0.15) is 15.9 Å². The van der Waals surface area contributed by atoms with Crippen molar-refractivity contribution in [1.29, 1.82) is 0 Å². The normalized spacial score (nSPS) is 10.8. The van der Waals surface area contributed by atoms with Crippen LogP contribution in [0.4, 0.5) is 20.2 Å². The van der Waals surface area contributed by atoms with E-state index in [2.05, 4.69) is 15.3 Å². The molecule has 2 heterocycles. The zero-order valence-electron chi connectivity index (χ0n) is 16.1. The van der Waals surface area contributed by atoms with Gasteiger partial charge in [0, 0.05) is 60.6 Å². The highest BCUT2D eigenvalue weighted by Crippen LogP contribution is 2.25. The van der Waals surface area contributed by atoms with Gasteiger partial charge in [0.15, 0.2) is 5.82 Å². The van der Waals surface area contributed by atoms with Gasteiger partial charge in [0.05, 0.1) is 0 Å². The monoisotopic (exact) mass is 404 g/mol. The summed E-state index contributed by atoms with van der Waals surface area (Å²) in [6.45, 7) is 0.444. The first-order valence-electron chi connectivity index (χ1n) is 9.27. The molecular formula is C23H18F2N4O. The molecule has 1 amide bonds. The van der Waals surface area contributed by atoms with Gasteiger partial charge in [-0.2, -0.15) is 0 Å². The first-order valence-corrected chi connectivity index (χ1v) is 9.27. The van der Waals surface area contributed by atoms with E-state index in [1.165, 1.54) is 12.3 Å². The van der Waals surface area contributed by atoms with Crippen LogP contribution in [-0.4, -0.2) is 22.9 Å². The smallest absolute Gasteiger partial charge is 0.258 e. The molecule has 7 heteroatoms. The Hall–Kier alpha value is -3.87. The summed E-state index contributed by atoms with van der Waals surface area (Å²) in [6, 6.07) is 14.6. The average Bonchev–Trinajstić information content (AvgIpc) is 2.77. The minimum absolute atomic E-state index is 0.119. The van der Waals surface area contributed by atoms with Gasteiger partial charge in [0.1, 0.15) is 11.3 Å². The van der Waals surface area contributed by atoms with Crippen molar-refractivity contribution in [1.82, 2.24) is 9.97 Å². The molecule has 0 unspecified atom stereocenters. The molecular weight excluding hydrogens is 386 g/mol. The van der Waals surface area contributed by atoms with Gasteiger partial charge in [-0.1, -0.05) is 12.1 Å². The number of hydrogen-bond acceptors (Lipinski definition) is 4. The largest absolute Gasteiger partial charge is 0.380 e. The lowest BCUT2D eigenvalue weighted by Gasteiger charge is -2.18. The highest BCUT2D eigenvalue weighted by molar-refractivity contribution is 6.05. The molecule has 0 bridgehead atoms. The van der Waals surface area contributed by atoms with Gasteiger partial charge in [-0.05, 0) is 42.0 Å². The molecule has 0 aliphatic heterocycles. The van der Waals surface area contributed by atoms with Crippen molar-refractivity contribution < 1.29 is 13.6 Å². The van der Waals surface area contributed by atoms with E-state index >= 15 is 0 Å². The fraction of sp³-hybridized carbons (Fsp3) is 0.0870. The Morgan fingerprint density at radius 2 is 1.73 bits per heavy atom. The van der Waals surface area contributed by atoms with Gasteiger partial charge < -0.3 is 10.2 Å². The lowest BCUT2D eigenvalue weighted by atomic mass is 10.1. The van der Waals surface area contributed by atoms with E-state index in [0.29, 0.717) is 23.2 Å². The maximum absolute atomic E-state index is 13.9. The summed E-state index contributed by atoms with van der Waals surface area (Å²) in [5, 5.41) is 3.58. The standard InChI is InChI=1S/C23H18F2N4O/c1-29(23(30)16-6-9-26-10-7-16)18-4-2-15(3-5-18)14-28-21-8-11-27-22-19(21)12-17(24)13-20(22)25/h2-13H,14H2,1H3,(H,27,28). The zero-order chi connectivity index (χ0) is 21.1. The summed E-state index contributed by atoms with van der Waals surface area (Å²) in [6.07, 6.45) is 4.64. The summed E-state index contributed by atoms with van der Waals surface area (Å²) < 4.78 is 27.5. The number of hydrogen-bond donors (Lipinski definition) is 1. The van der Waals surface area contributed by atoms with Crippen molar-refractivity contribution in [2.45, 2.75) is 6.54 Å². The Balaban J connectivity index is 1.48. The lowest BCUT2D eigenvalue weighted by Crippen LogP contribution is -2.26. The molecule has 0 saturated carbocycles. The van der Waals surface area contributed by atoms with Crippen molar-refractivity contribution in [3.8, 4) is 0 Å². The second kappa shape index (κ2) is 8.24. The van der Waals surface area contributed by atoms with Gasteiger partial charge in [0.25, 0.3) is 5.91 Å². The van der Waals surface area contributed by atoms with E-state index in [0.717, 1.165) is 17.3 Å².